The summed E-state index contributed by atoms with van der Waals surface area (Å²) in [6.45, 7) is 2.63. The Morgan fingerprint density at radius 1 is 1.12 bits per heavy atom. The minimum atomic E-state index is -0.440. The summed E-state index contributed by atoms with van der Waals surface area (Å²) in [5.41, 5.74) is 5.48. The van der Waals surface area contributed by atoms with Gasteiger partial charge in [0.25, 0.3) is 0 Å². The molecule has 2 amide bonds. The van der Waals surface area contributed by atoms with Crippen LogP contribution in [0.2, 0.25) is 0 Å². The number of rotatable bonds is 5. The molecule has 1 aromatic rings. The molecule has 0 aromatic carbocycles. The Morgan fingerprint density at radius 2 is 1.92 bits per heavy atom. The molecule has 2 aliphatic rings. The van der Waals surface area contributed by atoms with Gasteiger partial charge in [-0.05, 0) is 38.6 Å². The molecule has 8 heteroatoms. The van der Waals surface area contributed by atoms with E-state index in [1.54, 1.807) is 11.2 Å². The van der Waals surface area contributed by atoms with Gasteiger partial charge in [0.15, 0.2) is 0 Å². The summed E-state index contributed by atoms with van der Waals surface area (Å²) >= 11 is 0. The highest BCUT2D eigenvalue weighted by molar-refractivity contribution is 5.87. The first-order chi connectivity index (χ1) is 11.6. The van der Waals surface area contributed by atoms with Gasteiger partial charge in [0, 0.05) is 12.6 Å². The zero-order valence-corrected chi connectivity index (χ0v) is 14.0. The molecule has 3 heterocycles. The van der Waals surface area contributed by atoms with E-state index in [0.717, 1.165) is 45.2 Å². The fraction of sp³-hybridized carbons (Fsp3) is 0.750. The third-order valence-electron chi connectivity index (χ3n) is 5.10. The van der Waals surface area contributed by atoms with Crippen LogP contribution in [0.5, 0.6) is 0 Å². The average Bonchev–Trinajstić information content (AvgIpc) is 3.09. The van der Waals surface area contributed by atoms with Gasteiger partial charge in [-0.25, -0.2) is 4.98 Å². The van der Waals surface area contributed by atoms with Gasteiger partial charge >= 0.3 is 0 Å². The number of amides is 2. The van der Waals surface area contributed by atoms with Gasteiger partial charge in [0.05, 0.1) is 13.1 Å². The summed E-state index contributed by atoms with van der Waals surface area (Å²) in [6.07, 6.45) is 9.13. The van der Waals surface area contributed by atoms with Crippen molar-refractivity contribution >= 4 is 11.8 Å². The van der Waals surface area contributed by atoms with E-state index < -0.39 is 6.04 Å². The van der Waals surface area contributed by atoms with Gasteiger partial charge in [-0.2, -0.15) is 5.10 Å². The Balaban J connectivity index is 1.63. The van der Waals surface area contributed by atoms with Crippen LogP contribution in [0.15, 0.2) is 12.7 Å². The molecule has 1 aromatic heterocycles. The lowest BCUT2D eigenvalue weighted by atomic mass is 10.00. The summed E-state index contributed by atoms with van der Waals surface area (Å²) in [4.78, 5) is 32.3. The maximum absolute atomic E-state index is 12.8. The molecule has 132 valence electrons. The quantitative estimate of drug-likeness (QED) is 0.817. The minimum Gasteiger partial charge on any atom is -0.368 e. The van der Waals surface area contributed by atoms with Gasteiger partial charge in [-0.15, -0.1) is 0 Å². The van der Waals surface area contributed by atoms with Crippen molar-refractivity contribution in [1.29, 1.82) is 0 Å². The lowest BCUT2D eigenvalue weighted by Gasteiger charge is -2.39. The molecule has 2 aliphatic heterocycles. The second-order valence-corrected chi connectivity index (χ2v) is 6.74. The van der Waals surface area contributed by atoms with Gasteiger partial charge in [0.1, 0.15) is 18.7 Å². The second kappa shape index (κ2) is 7.74. The standard InChI is InChI=1S/C16H26N6O2/c17-16(24)14-6-2-4-8-22(14)15(23)10-20-7-3-1-5-13(20)9-21-12-18-11-19-21/h11-14H,1-10H2,(H2,17,24)/t13-,14+/m0/s1. The van der Waals surface area contributed by atoms with Crippen molar-refractivity contribution in [3.63, 3.8) is 0 Å². The lowest BCUT2D eigenvalue weighted by Crippen LogP contribution is -2.55. The Morgan fingerprint density at radius 3 is 2.67 bits per heavy atom. The van der Waals surface area contributed by atoms with E-state index >= 15 is 0 Å². The lowest BCUT2D eigenvalue weighted by molar-refractivity contribution is -0.142. The third kappa shape index (κ3) is 3.92. The topological polar surface area (TPSA) is 97.3 Å². The van der Waals surface area contributed by atoms with Crippen LogP contribution in [0, 0.1) is 0 Å². The van der Waals surface area contributed by atoms with Crippen LogP contribution in [0.1, 0.15) is 38.5 Å². The number of likely N-dealkylation sites (tertiary alicyclic amines) is 2. The average molecular weight is 334 g/mol. The van der Waals surface area contributed by atoms with E-state index in [2.05, 4.69) is 15.0 Å². The normalized spacial score (nSPS) is 25.6. The first-order valence-corrected chi connectivity index (χ1v) is 8.80. The molecule has 3 rings (SSSR count). The monoisotopic (exact) mass is 334 g/mol. The van der Waals surface area contributed by atoms with Gasteiger partial charge < -0.3 is 10.6 Å². The molecule has 0 radical (unpaired) electrons. The molecule has 0 unspecified atom stereocenters. The molecule has 2 fully saturated rings. The number of hydrogen-bond acceptors (Lipinski definition) is 5. The van der Waals surface area contributed by atoms with Crippen molar-refractivity contribution in [2.24, 2.45) is 5.73 Å². The molecule has 8 nitrogen and oxygen atoms in total. The van der Waals surface area contributed by atoms with Crippen LogP contribution >= 0.6 is 0 Å². The molecule has 2 atom stereocenters. The maximum Gasteiger partial charge on any atom is 0.240 e. The predicted octanol–water partition coefficient (Wildman–Crippen LogP) is -0.001000. The molecule has 0 saturated carbocycles. The van der Waals surface area contributed by atoms with Crippen molar-refractivity contribution in [1.82, 2.24) is 24.6 Å². The van der Waals surface area contributed by atoms with E-state index in [4.69, 9.17) is 5.73 Å². The van der Waals surface area contributed by atoms with Crippen LogP contribution in [0.25, 0.3) is 0 Å². The van der Waals surface area contributed by atoms with E-state index in [-0.39, 0.29) is 17.9 Å². The first kappa shape index (κ1) is 16.9. The van der Waals surface area contributed by atoms with Crippen LogP contribution < -0.4 is 5.73 Å². The fourth-order valence-corrected chi connectivity index (χ4v) is 3.81. The zero-order chi connectivity index (χ0) is 16.9. The molecular weight excluding hydrogens is 308 g/mol. The Hall–Kier alpha value is -1.96. The summed E-state index contributed by atoms with van der Waals surface area (Å²) in [7, 11) is 0. The molecule has 0 spiro atoms. The van der Waals surface area contributed by atoms with Crippen molar-refractivity contribution in [3.8, 4) is 0 Å². The highest BCUT2D eigenvalue weighted by atomic mass is 16.2. The Labute approximate surface area is 142 Å². The van der Waals surface area contributed by atoms with Crippen LogP contribution in [0.3, 0.4) is 0 Å². The molecule has 24 heavy (non-hydrogen) atoms. The van der Waals surface area contributed by atoms with E-state index in [1.165, 1.54) is 6.33 Å². The number of hydrogen-bond donors (Lipinski definition) is 1. The van der Waals surface area contributed by atoms with Crippen molar-refractivity contribution in [2.75, 3.05) is 19.6 Å². The van der Waals surface area contributed by atoms with Crippen LogP contribution in [0.4, 0.5) is 0 Å². The van der Waals surface area contributed by atoms with Gasteiger partial charge in [0.2, 0.25) is 11.8 Å². The minimum absolute atomic E-state index is 0.0176. The molecular formula is C16H26N6O2. The zero-order valence-electron chi connectivity index (χ0n) is 14.0. The SMILES string of the molecule is NC(=O)[C@H]1CCCCN1C(=O)CN1CCCC[C@H]1Cn1cncn1. The highest BCUT2D eigenvalue weighted by Gasteiger charge is 2.33. The number of carbonyl (C=O) groups is 2. The van der Waals surface area contributed by atoms with Crippen molar-refractivity contribution < 1.29 is 9.59 Å². The summed E-state index contributed by atoms with van der Waals surface area (Å²) in [5, 5.41) is 4.17. The fourth-order valence-electron chi connectivity index (χ4n) is 3.81. The summed E-state index contributed by atoms with van der Waals surface area (Å²) in [5.74, 6) is -0.371. The van der Waals surface area contributed by atoms with Gasteiger partial charge in [-0.1, -0.05) is 6.42 Å². The Bertz CT molecular complexity index is 561. The second-order valence-electron chi connectivity index (χ2n) is 6.74. The van der Waals surface area contributed by atoms with Crippen molar-refractivity contribution in [2.45, 2.75) is 57.2 Å². The van der Waals surface area contributed by atoms with Crippen LogP contribution in [-0.4, -0.2) is 68.1 Å². The van der Waals surface area contributed by atoms with Gasteiger partial charge in [-0.3, -0.25) is 19.2 Å². The number of aromatic nitrogens is 3. The summed E-state index contributed by atoms with van der Waals surface area (Å²) in [6, 6.07) is -0.161. The number of primary amides is 1. The largest absolute Gasteiger partial charge is 0.368 e. The third-order valence-corrected chi connectivity index (χ3v) is 5.10. The van der Waals surface area contributed by atoms with Crippen molar-refractivity contribution in [3.05, 3.63) is 12.7 Å². The molecule has 2 N–H and O–H groups in total. The predicted molar refractivity (Wildman–Crippen MR) is 87.8 cm³/mol. The maximum atomic E-state index is 12.8. The van der Waals surface area contributed by atoms with E-state index in [0.29, 0.717) is 19.5 Å². The van der Waals surface area contributed by atoms with E-state index in [1.807, 2.05) is 4.68 Å². The smallest absolute Gasteiger partial charge is 0.240 e. The molecule has 0 aliphatic carbocycles. The number of carbonyl (C=O) groups excluding carboxylic acids is 2. The van der Waals surface area contributed by atoms with Crippen LogP contribution in [-0.2, 0) is 16.1 Å². The number of piperidine rings is 2. The number of nitrogens with two attached hydrogens (primary N) is 1. The first-order valence-electron chi connectivity index (χ1n) is 8.80. The molecule has 0 bridgehead atoms. The van der Waals surface area contributed by atoms with E-state index in [9.17, 15) is 9.59 Å². The Kier molecular flexibility index (Phi) is 5.44. The summed E-state index contributed by atoms with van der Waals surface area (Å²) < 4.78 is 1.82. The number of nitrogens with zero attached hydrogens (tertiary/aromatic N) is 5. The highest BCUT2D eigenvalue weighted by Crippen LogP contribution is 2.21. The molecule has 2 saturated heterocycles.